The van der Waals surface area contributed by atoms with Crippen LogP contribution in [0.2, 0.25) is 5.02 Å². The molecule has 1 heterocycles. The van der Waals surface area contributed by atoms with Gasteiger partial charge in [0, 0.05) is 16.1 Å². The zero-order valence-corrected chi connectivity index (χ0v) is 14.7. The molecule has 1 aliphatic rings. The molecule has 0 saturated heterocycles. The lowest BCUT2D eigenvalue weighted by molar-refractivity contribution is -0.261. The smallest absolute Gasteiger partial charge is 0.426 e. The monoisotopic (exact) mass is 398 g/mol. The highest BCUT2D eigenvalue weighted by molar-refractivity contribution is 6.30. The van der Waals surface area contributed by atoms with Crippen LogP contribution in [0.5, 0.6) is 0 Å². The molecule has 2 aromatic rings. The molecule has 0 bridgehead atoms. The Balaban J connectivity index is 2.01. The van der Waals surface area contributed by atoms with Gasteiger partial charge in [-0.15, -0.1) is 0 Å². The first kappa shape index (κ1) is 19.0. The number of halogens is 4. The lowest BCUT2D eigenvalue weighted by Gasteiger charge is -2.39. The van der Waals surface area contributed by atoms with E-state index in [1.807, 2.05) is 0 Å². The van der Waals surface area contributed by atoms with Crippen molar-refractivity contribution in [2.45, 2.75) is 18.7 Å². The van der Waals surface area contributed by atoms with Crippen LogP contribution in [-0.2, 0) is 10.3 Å². The number of carbonyl (C=O) groups is 2. The highest BCUT2D eigenvalue weighted by atomic mass is 35.5. The van der Waals surface area contributed by atoms with Crippen LogP contribution in [0.1, 0.15) is 21.5 Å². The molecule has 0 spiro atoms. The molecule has 0 aliphatic carbocycles. The maximum absolute atomic E-state index is 14.0. The zero-order valence-electron chi connectivity index (χ0n) is 14.0. The summed E-state index contributed by atoms with van der Waals surface area (Å²) < 4.78 is 46.7. The largest absolute Gasteiger partial charge is 0.434 e. The number of alkyl halides is 3. The Morgan fingerprint density at radius 3 is 2.63 bits per heavy atom. The number of cyclic esters (lactones) is 1. The second kappa shape index (κ2) is 6.77. The van der Waals surface area contributed by atoms with Gasteiger partial charge in [0.05, 0.1) is 12.2 Å². The van der Waals surface area contributed by atoms with Crippen LogP contribution in [0.4, 0.5) is 23.7 Å². The third-order valence-electron chi connectivity index (χ3n) is 4.27. The number of nitrogens with one attached hydrogen (secondary N) is 2. The van der Waals surface area contributed by atoms with Gasteiger partial charge in [0.1, 0.15) is 0 Å². The lowest BCUT2D eigenvalue weighted by Crippen LogP contribution is -2.56. The van der Waals surface area contributed by atoms with Gasteiger partial charge in [0.15, 0.2) is 0 Å². The first-order valence-corrected chi connectivity index (χ1v) is 8.22. The molecule has 142 valence electrons. The Morgan fingerprint density at radius 2 is 1.96 bits per heavy atom. The molecule has 3 rings (SSSR count). The Morgan fingerprint density at radius 1 is 1.26 bits per heavy atom. The van der Waals surface area contributed by atoms with Crippen molar-refractivity contribution in [3.63, 3.8) is 0 Å². The van der Waals surface area contributed by atoms with Gasteiger partial charge in [-0.2, -0.15) is 13.2 Å². The third-order valence-corrected chi connectivity index (χ3v) is 4.50. The molecule has 1 unspecified atom stereocenters. The van der Waals surface area contributed by atoms with Crippen LogP contribution in [-0.4, -0.2) is 24.7 Å². The molecule has 0 saturated carbocycles. The number of amides is 2. The molecule has 1 aliphatic heterocycles. The van der Waals surface area contributed by atoms with Crippen molar-refractivity contribution < 1.29 is 27.5 Å². The van der Waals surface area contributed by atoms with Gasteiger partial charge < -0.3 is 10.1 Å². The van der Waals surface area contributed by atoms with Crippen molar-refractivity contribution in [3.05, 3.63) is 64.2 Å². The van der Waals surface area contributed by atoms with Crippen molar-refractivity contribution in [1.82, 2.24) is 5.32 Å². The van der Waals surface area contributed by atoms with Crippen molar-refractivity contribution >= 4 is 29.3 Å². The fourth-order valence-corrected chi connectivity index (χ4v) is 3.05. The quantitative estimate of drug-likeness (QED) is 0.805. The van der Waals surface area contributed by atoms with E-state index in [0.29, 0.717) is 5.56 Å². The van der Waals surface area contributed by atoms with Crippen molar-refractivity contribution in [3.8, 4) is 0 Å². The fourth-order valence-electron chi connectivity index (χ4n) is 2.88. The molecule has 0 aromatic heterocycles. The predicted octanol–water partition coefficient (Wildman–Crippen LogP) is 4.40. The second-order valence-electron chi connectivity index (χ2n) is 6.03. The molecule has 2 aromatic carbocycles. The van der Waals surface area contributed by atoms with Gasteiger partial charge in [-0.25, -0.2) is 4.79 Å². The first-order valence-electron chi connectivity index (χ1n) is 7.84. The fraction of sp³-hybridized carbons (Fsp3) is 0.222. The Hall–Kier alpha value is -2.74. The number of anilines is 1. The molecule has 5 nitrogen and oxygen atoms in total. The number of carbonyl (C=O) groups excluding carboxylic acids is 2. The van der Waals surface area contributed by atoms with E-state index in [9.17, 15) is 22.8 Å². The Bertz CT molecular complexity index is 917. The molecule has 9 heteroatoms. The van der Waals surface area contributed by atoms with Crippen LogP contribution in [0.3, 0.4) is 0 Å². The summed E-state index contributed by atoms with van der Waals surface area (Å²) in [7, 11) is 0. The number of hydrogen-bond acceptors (Lipinski definition) is 3. The maximum Gasteiger partial charge on any atom is 0.434 e. The van der Waals surface area contributed by atoms with Crippen LogP contribution in [0, 0.1) is 6.92 Å². The minimum Gasteiger partial charge on any atom is -0.426 e. The molecule has 1 atom stereocenters. The molecule has 27 heavy (non-hydrogen) atoms. The number of fused-ring (bicyclic) bond motifs is 1. The summed E-state index contributed by atoms with van der Waals surface area (Å²) in [4.78, 5) is 24.1. The topological polar surface area (TPSA) is 67.4 Å². The second-order valence-corrected chi connectivity index (χ2v) is 6.46. The number of ether oxygens (including phenoxy) is 1. The van der Waals surface area contributed by atoms with Crippen molar-refractivity contribution in [2.75, 3.05) is 11.9 Å². The highest BCUT2D eigenvalue weighted by Crippen LogP contribution is 2.47. The van der Waals surface area contributed by atoms with E-state index in [-0.39, 0.29) is 21.8 Å². The summed E-state index contributed by atoms with van der Waals surface area (Å²) in [5, 5.41) is 4.48. The summed E-state index contributed by atoms with van der Waals surface area (Å²) >= 11 is 5.85. The SMILES string of the molecule is Cc1ccccc1C(=O)NCC1(C(F)(F)F)OC(=O)Nc2ccc(Cl)cc21. The summed E-state index contributed by atoms with van der Waals surface area (Å²) in [6.07, 6.45) is -6.27. The normalized spacial score (nSPS) is 18.9. The molecular formula is C18H14ClF3N2O3. The minimum absolute atomic E-state index is 0.0346. The van der Waals surface area contributed by atoms with E-state index in [2.05, 4.69) is 15.4 Å². The van der Waals surface area contributed by atoms with Crippen molar-refractivity contribution in [1.29, 1.82) is 0 Å². The summed E-state index contributed by atoms with van der Waals surface area (Å²) in [6.45, 7) is 0.665. The van der Waals surface area contributed by atoms with Gasteiger partial charge in [0.25, 0.3) is 11.5 Å². The summed E-state index contributed by atoms with van der Waals surface area (Å²) in [5.74, 6) is -0.713. The summed E-state index contributed by atoms with van der Waals surface area (Å²) in [5.41, 5.74) is -2.71. The van der Waals surface area contributed by atoms with E-state index in [0.717, 1.165) is 6.07 Å². The van der Waals surface area contributed by atoms with Crippen LogP contribution < -0.4 is 10.6 Å². The lowest BCUT2D eigenvalue weighted by atomic mass is 9.89. The highest BCUT2D eigenvalue weighted by Gasteiger charge is 2.62. The first-order chi connectivity index (χ1) is 12.6. The van der Waals surface area contributed by atoms with E-state index in [1.165, 1.54) is 18.2 Å². The number of aryl methyl sites for hydroxylation is 1. The molecule has 2 amide bonds. The summed E-state index contributed by atoms with van der Waals surface area (Å²) in [6, 6.07) is 10.1. The van der Waals surface area contributed by atoms with E-state index >= 15 is 0 Å². The average molecular weight is 399 g/mol. The van der Waals surface area contributed by atoms with Crippen LogP contribution in [0.15, 0.2) is 42.5 Å². The Labute approximate surface area is 157 Å². The van der Waals surface area contributed by atoms with Gasteiger partial charge >= 0.3 is 12.3 Å². The molecule has 2 N–H and O–H groups in total. The number of rotatable bonds is 3. The number of hydrogen-bond donors (Lipinski definition) is 2. The standard InChI is InChI=1S/C18H14ClF3N2O3/c1-10-4-2-3-5-12(10)15(25)23-9-17(18(20,21)22)13-8-11(19)6-7-14(13)24-16(26)27-17/h2-8H,9H2,1H3,(H,23,25)(H,24,26). The van der Waals surface area contributed by atoms with Gasteiger partial charge in [0.2, 0.25) is 0 Å². The van der Waals surface area contributed by atoms with Crippen molar-refractivity contribution in [2.24, 2.45) is 0 Å². The molecular weight excluding hydrogens is 385 g/mol. The third kappa shape index (κ3) is 3.44. The average Bonchev–Trinajstić information content (AvgIpc) is 2.59. The van der Waals surface area contributed by atoms with Gasteiger partial charge in [-0.1, -0.05) is 29.8 Å². The van der Waals surface area contributed by atoms with Gasteiger partial charge in [-0.05, 0) is 36.8 Å². The minimum atomic E-state index is -5.00. The van der Waals surface area contributed by atoms with E-state index in [1.54, 1.807) is 25.1 Å². The molecule has 0 radical (unpaired) electrons. The van der Waals surface area contributed by atoms with Crippen LogP contribution in [0.25, 0.3) is 0 Å². The van der Waals surface area contributed by atoms with Crippen LogP contribution >= 0.6 is 11.6 Å². The Kier molecular flexibility index (Phi) is 4.77. The van der Waals surface area contributed by atoms with E-state index in [4.69, 9.17) is 11.6 Å². The van der Waals surface area contributed by atoms with E-state index < -0.39 is 30.3 Å². The molecule has 0 fully saturated rings. The maximum atomic E-state index is 14.0. The zero-order chi connectivity index (χ0) is 19.8. The predicted molar refractivity (Wildman–Crippen MR) is 92.8 cm³/mol. The number of benzene rings is 2. The van der Waals surface area contributed by atoms with Gasteiger partial charge in [-0.3, -0.25) is 10.1 Å².